The minimum absolute atomic E-state index is 0.189. The zero-order valence-electron chi connectivity index (χ0n) is 11.8. The number of halogens is 1. The lowest BCUT2D eigenvalue weighted by Crippen LogP contribution is -2.24. The Labute approximate surface area is 132 Å². The molecule has 114 valence electrons. The zero-order valence-corrected chi connectivity index (χ0v) is 14.2. The minimum Gasteiger partial charge on any atom is -0.326 e. The van der Waals surface area contributed by atoms with E-state index in [1.54, 1.807) is 30.2 Å². The summed E-state index contributed by atoms with van der Waals surface area (Å²) in [7, 11) is -1.84. The molecule has 0 aliphatic heterocycles. The van der Waals surface area contributed by atoms with E-state index < -0.39 is 10.0 Å². The van der Waals surface area contributed by atoms with Crippen molar-refractivity contribution < 1.29 is 8.42 Å². The highest BCUT2D eigenvalue weighted by molar-refractivity contribution is 9.10. The molecule has 3 N–H and O–H groups in total. The van der Waals surface area contributed by atoms with Crippen LogP contribution in [0.25, 0.3) is 0 Å². The van der Waals surface area contributed by atoms with Gasteiger partial charge < -0.3 is 5.73 Å². The van der Waals surface area contributed by atoms with E-state index in [9.17, 15) is 8.42 Å². The first-order valence-electron chi connectivity index (χ1n) is 6.30. The third-order valence-corrected chi connectivity index (χ3v) is 5.77. The fourth-order valence-electron chi connectivity index (χ4n) is 1.94. The van der Waals surface area contributed by atoms with Crippen LogP contribution >= 0.6 is 15.9 Å². The van der Waals surface area contributed by atoms with Crippen LogP contribution in [0.3, 0.4) is 0 Å². The van der Waals surface area contributed by atoms with Crippen molar-refractivity contribution in [2.75, 3.05) is 0 Å². The predicted molar refractivity (Wildman–Crippen MR) is 84.0 cm³/mol. The van der Waals surface area contributed by atoms with Crippen molar-refractivity contribution in [3.8, 4) is 0 Å². The molecule has 1 aromatic heterocycles. The molecule has 0 atom stereocenters. The quantitative estimate of drug-likeness (QED) is 0.830. The molecule has 0 saturated carbocycles. The molecule has 0 saturated heterocycles. The number of benzene rings is 1. The third-order valence-electron chi connectivity index (χ3n) is 3.03. The van der Waals surface area contributed by atoms with Crippen molar-refractivity contribution in [3.63, 3.8) is 0 Å². The van der Waals surface area contributed by atoms with E-state index in [4.69, 9.17) is 5.73 Å². The lowest BCUT2D eigenvalue weighted by Gasteiger charge is -2.11. The lowest BCUT2D eigenvalue weighted by molar-refractivity contribution is 0.580. The molecule has 0 unspecified atom stereocenters. The summed E-state index contributed by atoms with van der Waals surface area (Å²) < 4.78 is 29.6. The Balaban J connectivity index is 2.29. The molecule has 2 rings (SSSR count). The molecule has 0 amide bonds. The lowest BCUT2D eigenvalue weighted by atomic mass is 10.1. The normalized spacial score (nSPS) is 11.8. The van der Waals surface area contributed by atoms with Gasteiger partial charge in [-0.25, -0.2) is 13.1 Å². The highest BCUT2D eigenvalue weighted by Crippen LogP contribution is 2.27. The van der Waals surface area contributed by atoms with Crippen LogP contribution in [-0.2, 0) is 30.2 Å². The number of nitrogens with zero attached hydrogens (tertiary/aromatic N) is 2. The molecule has 0 fully saturated rings. The fourth-order valence-corrected chi connectivity index (χ4v) is 4.03. The topological polar surface area (TPSA) is 90.0 Å². The van der Waals surface area contributed by atoms with E-state index in [1.807, 2.05) is 13.0 Å². The first-order valence-corrected chi connectivity index (χ1v) is 8.57. The standard InChI is InChI=1S/C13H17BrN4O2S/c1-9-3-10(5-15)4-12(13(9)14)21(19,20)17-7-11-6-16-18(2)8-11/h3-4,6,8,17H,5,7,15H2,1-2H3. The molecule has 1 aromatic carbocycles. The molecule has 0 aliphatic rings. The summed E-state index contributed by atoms with van der Waals surface area (Å²) in [5.41, 5.74) is 8.01. The van der Waals surface area contributed by atoms with Gasteiger partial charge >= 0.3 is 0 Å². The van der Waals surface area contributed by atoms with Gasteiger partial charge in [-0.05, 0) is 40.0 Å². The van der Waals surface area contributed by atoms with Crippen LogP contribution in [0.4, 0.5) is 0 Å². The second-order valence-electron chi connectivity index (χ2n) is 4.78. The Morgan fingerprint density at radius 3 is 2.67 bits per heavy atom. The van der Waals surface area contributed by atoms with Gasteiger partial charge in [0.15, 0.2) is 0 Å². The molecule has 6 nitrogen and oxygen atoms in total. The second-order valence-corrected chi connectivity index (χ2v) is 7.30. The van der Waals surface area contributed by atoms with E-state index in [1.165, 1.54) is 0 Å². The monoisotopic (exact) mass is 372 g/mol. The first-order chi connectivity index (χ1) is 9.83. The summed E-state index contributed by atoms with van der Waals surface area (Å²) in [5, 5.41) is 4.01. The number of hydrogen-bond acceptors (Lipinski definition) is 4. The van der Waals surface area contributed by atoms with Crippen LogP contribution in [-0.4, -0.2) is 18.2 Å². The number of aryl methyl sites for hydroxylation is 2. The summed E-state index contributed by atoms with van der Waals surface area (Å²) in [6.07, 6.45) is 3.39. The average Bonchev–Trinajstić information content (AvgIpc) is 2.85. The van der Waals surface area contributed by atoms with Crippen molar-refractivity contribution >= 4 is 26.0 Å². The summed E-state index contributed by atoms with van der Waals surface area (Å²) in [5.74, 6) is 0. The number of hydrogen-bond donors (Lipinski definition) is 2. The van der Waals surface area contributed by atoms with Crippen molar-refractivity contribution in [2.45, 2.75) is 24.9 Å². The predicted octanol–water partition coefficient (Wildman–Crippen LogP) is 1.43. The van der Waals surface area contributed by atoms with E-state index in [-0.39, 0.29) is 11.4 Å². The van der Waals surface area contributed by atoms with Crippen LogP contribution in [0, 0.1) is 6.92 Å². The van der Waals surface area contributed by atoms with Gasteiger partial charge in [-0.1, -0.05) is 6.07 Å². The number of rotatable bonds is 5. The molecule has 2 aromatic rings. The van der Waals surface area contributed by atoms with Crippen LogP contribution in [0.5, 0.6) is 0 Å². The Morgan fingerprint density at radius 2 is 2.10 bits per heavy atom. The van der Waals surface area contributed by atoms with Gasteiger partial charge in [0.25, 0.3) is 0 Å². The zero-order chi connectivity index (χ0) is 15.6. The average molecular weight is 373 g/mol. The molecule has 8 heteroatoms. The van der Waals surface area contributed by atoms with Gasteiger partial charge in [0.05, 0.1) is 11.1 Å². The second kappa shape index (κ2) is 6.27. The first kappa shape index (κ1) is 16.2. The maximum absolute atomic E-state index is 12.4. The Morgan fingerprint density at radius 1 is 1.38 bits per heavy atom. The van der Waals surface area contributed by atoms with Gasteiger partial charge in [-0.15, -0.1) is 0 Å². The molecule has 21 heavy (non-hydrogen) atoms. The maximum Gasteiger partial charge on any atom is 0.242 e. The van der Waals surface area contributed by atoms with Crippen LogP contribution in [0.2, 0.25) is 0 Å². The van der Waals surface area contributed by atoms with Crippen molar-refractivity contribution in [3.05, 3.63) is 45.7 Å². The highest BCUT2D eigenvalue weighted by atomic mass is 79.9. The van der Waals surface area contributed by atoms with E-state index in [0.717, 1.165) is 16.7 Å². The van der Waals surface area contributed by atoms with Crippen molar-refractivity contribution in [2.24, 2.45) is 12.8 Å². The highest BCUT2D eigenvalue weighted by Gasteiger charge is 2.19. The summed E-state index contributed by atoms with van der Waals surface area (Å²) in [4.78, 5) is 0.201. The Bertz CT molecular complexity index is 756. The Kier molecular flexibility index (Phi) is 4.82. The van der Waals surface area contributed by atoms with Gasteiger partial charge in [0.1, 0.15) is 0 Å². The Hall–Kier alpha value is -1.22. The maximum atomic E-state index is 12.4. The minimum atomic E-state index is -3.62. The molecule has 0 aliphatic carbocycles. The van der Waals surface area contributed by atoms with Gasteiger partial charge in [-0.2, -0.15) is 5.10 Å². The number of aromatic nitrogens is 2. The van der Waals surface area contributed by atoms with Gasteiger partial charge in [0.2, 0.25) is 10.0 Å². The largest absolute Gasteiger partial charge is 0.326 e. The molecule has 0 bridgehead atoms. The van der Waals surface area contributed by atoms with Crippen LogP contribution in [0.1, 0.15) is 16.7 Å². The van der Waals surface area contributed by atoms with E-state index >= 15 is 0 Å². The summed E-state index contributed by atoms with van der Waals surface area (Å²) >= 11 is 3.33. The fraction of sp³-hybridized carbons (Fsp3) is 0.308. The summed E-state index contributed by atoms with van der Waals surface area (Å²) in [6.45, 7) is 2.32. The SMILES string of the molecule is Cc1cc(CN)cc(S(=O)(=O)NCc2cnn(C)c2)c1Br. The number of sulfonamides is 1. The van der Waals surface area contributed by atoms with Crippen molar-refractivity contribution in [1.29, 1.82) is 0 Å². The molecule has 1 heterocycles. The molecule has 0 radical (unpaired) electrons. The van der Waals surface area contributed by atoms with Crippen LogP contribution in [0.15, 0.2) is 33.9 Å². The third kappa shape index (κ3) is 3.70. The number of nitrogens with two attached hydrogens (primary N) is 1. The van der Waals surface area contributed by atoms with Gasteiger partial charge in [-0.3, -0.25) is 4.68 Å². The molecule has 0 spiro atoms. The smallest absolute Gasteiger partial charge is 0.242 e. The van der Waals surface area contributed by atoms with Crippen molar-refractivity contribution in [1.82, 2.24) is 14.5 Å². The molecular formula is C13H17BrN4O2S. The summed E-state index contributed by atoms with van der Waals surface area (Å²) in [6, 6.07) is 3.45. The van der Waals surface area contributed by atoms with E-state index in [0.29, 0.717) is 11.0 Å². The van der Waals surface area contributed by atoms with Crippen LogP contribution < -0.4 is 10.5 Å². The van der Waals surface area contributed by atoms with Gasteiger partial charge in [0, 0.05) is 36.4 Å². The van der Waals surface area contributed by atoms with E-state index in [2.05, 4.69) is 25.8 Å². The number of nitrogens with one attached hydrogen (secondary N) is 1. The molecular weight excluding hydrogens is 356 g/mol.